The highest BCUT2D eigenvalue weighted by molar-refractivity contribution is 6.74. The van der Waals surface area contributed by atoms with Crippen molar-refractivity contribution < 1.29 is 19.4 Å². The van der Waals surface area contributed by atoms with Gasteiger partial charge in [-0.2, -0.15) is 0 Å². The first-order chi connectivity index (χ1) is 11.2. The van der Waals surface area contributed by atoms with Crippen LogP contribution in [-0.4, -0.2) is 43.4 Å². The number of ether oxygens (including phenoxy) is 1. The summed E-state index contributed by atoms with van der Waals surface area (Å²) in [5.74, 6) is -0.288. The molecular formula is C19H32O4Si. The van der Waals surface area contributed by atoms with Gasteiger partial charge in [0, 0.05) is 12.3 Å². The van der Waals surface area contributed by atoms with Gasteiger partial charge in [0.15, 0.2) is 8.32 Å². The van der Waals surface area contributed by atoms with E-state index in [2.05, 4.69) is 33.9 Å². The van der Waals surface area contributed by atoms with E-state index in [1.54, 1.807) is 0 Å². The number of aliphatic hydroxyl groups is 2. The van der Waals surface area contributed by atoms with Crippen LogP contribution in [0.3, 0.4) is 0 Å². The van der Waals surface area contributed by atoms with Crippen molar-refractivity contribution in [2.24, 2.45) is 5.92 Å². The van der Waals surface area contributed by atoms with E-state index in [0.717, 1.165) is 5.56 Å². The van der Waals surface area contributed by atoms with Crippen molar-refractivity contribution in [2.75, 3.05) is 6.61 Å². The molecule has 2 rings (SSSR count). The molecule has 0 aliphatic heterocycles. The summed E-state index contributed by atoms with van der Waals surface area (Å²) in [6.45, 7) is 11.4. The minimum atomic E-state index is -1.96. The van der Waals surface area contributed by atoms with Gasteiger partial charge in [0.05, 0.1) is 31.5 Å². The molecule has 1 fully saturated rings. The predicted octanol–water partition coefficient (Wildman–Crippen LogP) is 3.34. The smallest absolute Gasteiger partial charge is 0.192 e. The topological polar surface area (TPSA) is 58.9 Å². The first-order valence-corrected chi connectivity index (χ1v) is 11.7. The average molecular weight is 353 g/mol. The van der Waals surface area contributed by atoms with Crippen LogP contribution in [0.2, 0.25) is 18.1 Å². The fraction of sp³-hybridized carbons (Fsp3) is 0.684. The van der Waals surface area contributed by atoms with E-state index in [1.165, 1.54) is 0 Å². The Labute approximate surface area is 146 Å². The van der Waals surface area contributed by atoms with E-state index in [-0.39, 0.29) is 29.8 Å². The molecule has 4 atom stereocenters. The Morgan fingerprint density at radius 1 is 1.17 bits per heavy atom. The maximum atomic E-state index is 10.3. The average Bonchev–Trinajstić information content (AvgIpc) is 2.79. The van der Waals surface area contributed by atoms with Crippen molar-refractivity contribution in [1.82, 2.24) is 0 Å². The van der Waals surface area contributed by atoms with Crippen molar-refractivity contribution in [3.05, 3.63) is 35.9 Å². The van der Waals surface area contributed by atoms with Crippen LogP contribution in [-0.2, 0) is 15.8 Å². The molecule has 1 aromatic carbocycles. The highest BCUT2D eigenvalue weighted by atomic mass is 28.4. The summed E-state index contributed by atoms with van der Waals surface area (Å²) >= 11 is 0. The molecule has 0 heterocycles. The van der Waals surface area contributed by atoms with E-state index in [0.29, 0.717) is 13.0 Å². The van der Waals surface area contributed by atoms with Gasteiger partial charge in [0.25, 0.3) is 0 Å². The third kappa shape index (κ3) is 4.46. The van der Waals surface area contributed by atoms with Gasteiger partial charge in [-0.15, -0.1) is 0 Å². The van der Waals surface area contributed by atoms with Gasteiger partial charge < -0.3 is 19.4 Å². The number of hydrogen-bond donors (Lipinski definition) is 2. The van der Waals surface area contributed by atoms with E-state index >= 15 is 0 Å². The summed E-state index contributed by atoms with van der Waals surface area (Å²) in [4.78, 5) is 0. The van der Waals surface area contributed by atoms with Crippen LogP contribution >= 0.6 is 0 Å². The minimum absolute atomic E-state index is 0.0853. The Morgan fingerprint density at radius 2 is 1.79 bits per heavy atom. The maximum absolute atomic E-state index is 10.3. The van der Waals surface area contributed by atoms with Crippen molar-refractivity contribution in [1.29, 1.82) is 0 Å². The molecule has 1 aliphatic rings. The van der Waals surface area contributed by atoms with E-state index in [9.17, 15) is 10.2 Å². The van der Waals surface area contributed by atoms with Crippen molar-refractivity contribution in [3.8, 4) is 0 Å². The number of hydrogen-bond acceptors (Lipinski definition) is 4. The van der Waals surface area contributed by atoms with Gasteiger partial charge >= 0.3 is 0 Å². The largest absolute Gasteiger partial charge is 0.411 e. The second kappa shape index (κ2) is 7.66. The van der Waals surface area contributed by atoms with Crippen LogP contribution in [0.1, 0.15) is 32.8 Å². The van der Waals surface area contributed by atoms with Gasteiger partial charge in [0.2, 0.25) is 0 Å². The molecule has 0 bridgehead atoms. The van der Waals surface area contributed by atoms with Crippen LogP contribution in [0.25, 0.3) is 0 Å². The standard InChI is InChI=1S/C19H32O4Si/c1-19(2,3)24(4,5)23-17-11-16(21)15(12-20)18(17)22-13-14-9-7-6-8-10-14/h6-10,15-18,20-21H,11-13H2,1-5H3/t15-,16+,17-,18+/m0/s1. The van der Waals surface area contributed by atoms with Crippen molar-refractivity contribution in [3.63, 3.8) is 0 Å². The van der Waals surface area contributed by atoms with Crippen molar-refractivity contribution >= 4 is 8.32 Å². The summed E-state index contributed by atoms with van der Waals surface area (Å²) < 4.78 is 12.6. The van der Waals surface area contributed by atoms with Gasteiger partial charge in [-0.3, -0.25) is 0 Å². The third-order valence-corrected chi connectivity index (χ3v) is 10.0. The molecule has 1 aromatic rings. The first-order valence-electron chi connectivity index (χ1n) is 8.78. The predicted molar refractivity (Wildman–Crippen MR) is 98.3 cm³/mol. The zero-order valence-electron chi connectivity index (χ0n) is 15.5. The Bertz CT molecular complexity index is 512. The van der Waals surface area contributed by atoms with Crippen LogP contribution in [0.5, 0.6) is 0 Å². The molecule has 136 valence electrons. The first kappa shape index (κ1) is 19.6. The molecule has 1 aliphatic carbocycles. The highest BCUT2D eigenvalue weighted by Crippen LogP contribution is 2.41. The summed E-state index contributed by atoms with van der Waals surface area (Å²) in [5, 5.41) is 20.1. The lowest BCUT2D eigenvalue weighted by atomic mass is 10.1. The molecule has 0 unspecified atom stereocenters. The van der Waals surface area contributed by atoms with Gasteiger partial charge in [0.1, 0.15) is 0 Å². The fourth-order valence-corrected chi connectivity index (χ4v) is 4.28. The lowest BCUT2D eigenvalue weighted by molar-refractivity contribution is -0.0619. The van der Waals surface area contributed by atoms with Gasteiger partial charge in [-0.25, -0.2) is 0 Å². The molecule has 4 nitrogen and oxygen atoms in total. The summed E-state index contributed by atoms with van der Waals surface area (Å²) in [6, 6.07) is 9.97. The van der Waals surface area contributed by atoms with Crippen LogP contribution in [0, 0.1) is 5.92 Å². The molecule has 2 N–H and O–H groups in total. The number of rotatable bonds is 6. The number of aliphatic hydroxyl groups excluding tert-OH is 2. The second-order valence-electron chi connectivity index (χ2n) is 8.33. The lowest BCUT2D eigenvalue weighted by Gasteiger charge is -2.40. The summed E-state index contributed by atoms with van der Waals surface area (Å²) in [5.41, 5.74) is 1.08. The quantitative estimate of drug-likeness (QED) is 0.771. The molecule has 24 heavy (non-hydrogen) atoms. The van der Waals surface area contributed by atoms with E-state index in [1.807, 2.05) is 30.3 Å². The monoisotopic (exact) mass is 352 g/mol. The molecule has 1 saturated carbocycles. The number of benzene rings is 1. The van der Waals surface area contributed by atoms with Gasteiger partial charge in [-0.1, -0.05) is 51.1 Å². The van der Waals surface area contributed by atoms with Crippen LogP contribution < -0.4 is 0 Å². The van der Waals surface area contributed by atoms with Crippen LogP contribution in [0.4, 0.5) is 0 Å². The zero-order chi connectivity index (χ0) is 18.0. The van der Waals surface area contributed by atoms with Crippen molar-refractivity contribution in [2.45, 2.75) is 70.2 Å². The van der Waals surface area contributed by atoms with Crippen LogP contribution in [0.15, 0.2) is 30.3 Å². The van der Waals surface area contributed by atoms with Gasteiger partial charge in [-0.05, 0) is 23.7 Å². The van der Waals surface area contributed by atoms with E-state index in [4.69, 9.17) is 9.16 Å². The summed E-state index contributed by atoms with van der Waals surface area (Å²) in [6.07, 6.45) is -0.497. The Hall–Kier alpha value is -0.723. The third-order valence-electron chi connectivity index (χ3n) is 5.50. The minimum Gasteiger partial charge on any atom is -0.411 e. The molecular weight excluding hydrogens is 320 g/mol. The molecule has 0 amide bonds. The Morgan fingerprint density at radius 3 is 2.33 bits per heavy atom. The summed E-state index contributed by atoms with van der Waals surface area (Å²) in [7, 11) is -1.96. The molecule has 0 spiro atoms. The Balaban J connectivity index is 2.10. The molecule has 0 radical (unpaired) electrons. The second-order valence-corrected chi connectivity index (χ2v) is 13.1. The Kier molecular flexibility index (Phi) is 6.26. The molecule has 5 heteroatoms. The zero-order valence-corrected chi connectivity index (χ0v) is 16.5. The fourth-order valence-electron chi connectivity index (χ4n) is 2.94. The molecule has 0 aromatic heterocycles. The normalized spacial score (nSPS) is 28.3. The molecule has 0 saturated heterocycles. The lowest BCUT2D eigenvalue weighted by Crippen LogP contribution is -2.47. The maximum Gasteiger partial charge on any atom is 0.192 e. The highest BCUT2D eigenvalue weighted by Gasteiger charge is 2.48. The van der Waals surface area contributed by atoms with E-state index < -0.39 is 14.4 Å². The SMILES string of the molecule is CC(C)(C)[Si](C)(C)O[C@H]1C[C@@H](O)[C@H](CO)[C@H]1OCc1ccccc1.